The van der Waals surface area contributed by atoms with E-state index in [2.05, 4.69) is 14.7 Å². The van der Waals surface area contributed by atoms with Crippen molar-refractivity contribution in [3.63, 3.8) is 0 Å². The molecule has 0 aliphatic heterocycles. The van der Waals surface area contributed by atoms with Gasteiger partial charge in [0.05, 0.1) is 12.7 Å². The van der Waals surface area contributed by atoms with Crippen LogP contribution in [-0.2, 0) is 17.3 Å². The van der Waals surface area contributed by atoms with Crippen molar-refractivity contribution in [1.82, 2.24) is 9.97 Å². The van der Waals surface area contributed by atoms with E-state index in [0.29, 0.717) is 0 Å². The molecule has 0 unspecified atom stereocenters. The highest BCUT2D eigenvalue weighted by Crippen LogP contribution is 2.32. The van der Waals surface area contributed by atoms with Crippen LogP contribution in [0, 0.1) is 0 Å². The smallest absolute Gasteiger partial charge is 0.416 e. The van der Waals surface area contributed by atoms with Gasteiger partial charge in [0.15, 0.2) is 5.69 Å². The van der Waals surface area contributed by atoms with Gasteiger partial charge in [-0.3, -0.25) is 4.79 Å². The number of rotatable bonds is 3. The van der Waals surface area contributed by atoms with Crippen molar-refractivity contribution >= 4 is 5.97 Å². The molecule has 0 bridgehead atoms. The molecule has 0 atom stereocenters. The number of halogens is 3. The molecule has 1 aromatic carbocycles. The van der Waals surface area contributed by atoms with E-state index in [4.69, 9.17) is 0 Å². The highest BCUT2D eigenvalue weighted by atomic mass is 19.4. The lowest BCUT2D eigenvalue weighted by Gasteiger charge is -2.12. The third kappa shape index (κ3) is 3.50. The zero-order chi connectivity index (χ0) is 17.2. The van der Waals surface area contributed by atoms with Crippen LogP contribution in [0.25, 0.3) is 0 Å². The van der Waals surface area contributed by atoms with Crippen LogP contribution < -0.4 is 5.56 Å². The lowest BCUT2D eigenvalue weighted by atomic mass is 10.0. The zero-order valence-corrected chi connectivity index (χ0v) is 11.8. The molecule has 6 nitrogen and oxygen atoms in total. The normalized spacial score (nSPS) is 11.3. The summed E-state index contributed by atoms with van der Waals surface area (Å²) in [6.45, 7) is 0. The number of carbonyl (C=O) groups excluding carboxylic acids is 1. The molecule has 0 amide bonds. The summed E-state index contributed by atoms with van der Waals surface area (Å²) in [6, 6.07) is 4.77. The second kappa shape index (κ2) is 6.11. The Morgan fingerprint density at radius 2 is 2.00 bits per heavy atom. The van der Waals surface area contributed by atoms with Gasteiger partial charge < -0.3 is 14.8 Å². The Balaban J connectivity index is 2.48. The van der Waals surface area contributed by atoms with E-state index in [-0.39, 0.29) is 17.8 Å². The number of alkyl halides is 3. The Labute approximate surface area is 127 Å². The molecule has 0 saturated heterocycles. The largest absolute Gasteiger partial charge is 0.501 e. The number of H-pyrrole nitrogens is 1. The van der Waals surface area contributed by atoms with Gasteiger partial charge >= 0.3 is 12.1 Å². The molecule has 122 valence electrons. The van der Waals surface area contributed by atoms with Crippen LogP contribution in [0.4, 0.5) is 13.2 Å². The minimum Gasteiger partial charge on any atom is -0.501 e. The van der Waals surface area contributed by atoms with Gasteiger partial charge in [-0.05, 0) is 11.6 Å². The van der Waals surface area contributed by atoms with E-state index < -0.39 is 34.7 Å². The van der Waals surface area contributed by atoms with Crippen LogP contribution >= 0.6 is 0 Å². The molecule has 0 fully saturated rings. The molecule has 0 aliphatic carbocycles. The van der Waals surface area contributed by atoms with Crippen molar-refractivity contribution in [3.05, 3.63) is 57.3 Å². The molecule has 1 heterocycles. The summed E-state index contributed by atoms with van der Waals surface area (Å²) in [4.78, 5) is 28.8. The standard InChI is InChI=1S/C14H11F3N2O4/c1-23-13(22)10-11(20)12(21)19-9(18-10)6-7-4-2-3-5-8(7)14(15,16)17/h2-5,20H,6H2,1H3,(H,18,19,21). The van der Waals surface area contributed by atoms with Crippen LogP contribution in [0.2, 0.25) is 0 Å². The van der Waals surface area contributed by atoms with E-state index in [1.54, 1.807) is 0 Å². The van der Waals surface area contributed by atoms with E-state index in [0.717, 1.165) is 13.2 Å². The molecular weight excluding hydrogens is 317 g/mol. The Morgan fingerprint density at radius 3 is 2.61 bits per heavy atom. The van der Waals surface area contributed by atoms with Gasteiger partial charge in [-0.1, -0.05) is 18.2 Å². The number of aromatic hydroxyl groups is 1. The summed E-state index contributed by atoms with van der Waals surface area (Å²) in [6.07, 6.45) is -4.95. The molecule has 0 spiro atoms. The van der Waals surface area contributed by atoms with Crippen molar-refractivity contribution in [2.24, 2.45) is 0 Å². The number of nitrogens with one attached hydrogen (secondary N) is 1. The number of esters is 1. The van der Waals surface area contributed by atoms with Gasteiger partial charge in [0.1, 0.15) is 5.82 Å². The SMILES string of the molecule is COC(=O)c1nc(Cc2ccccc2C(F)(F)F)[nH]c(=O)c1O. The summed E-state index contributed by atoms with van der Waals surface area (Å²) in [5.41, 5.74) is -2.71. The van der Waals surface area contributed by atoms with Crippen molar-refractivity contribution in [1.29, 1.82) is 0 Å². The molecule has 0 aliphatic rings. The average molecular weight is 328 g/mol. The van der Waals surface area contributed by atoms with Crippen molar-refractivity contribution in [3.8, 4) is 5.75 Å². The van der Waals surface area contributed by atoms with Crippen LogP contribution in [0.5, 0.6) is 5.75 Å². The molecule has 0 radical (unpaired) electrons. The number of nitrogens with zero attached hydrogens (tertiary/aromatic N) is 1. The molecule has 23 heavy (non-hydrogen) atoms. The zero-order valence-electron chi connectivity index (χ0n) is 11.8. The second-order valence-electron chi connectivity index (χ2n) is 4.53. The van der Waals surface area contributed by atoms with E-state index in [1.165, 1.54) is 18.2 Å². The predicted octanol–water partition coefficient (Wildman–Crippen LogP) is 1.87. The molecular formula is C14H11F3N2O4. The predicted molar refractivity (Wildman–Crippen MR) is 72.1 cm³/mol. The van der Waals surface area contributed by atoms with Crippen LogP contribution in [0.15, 0.2) is 29.1 Å². The second-order valence-corrected chi connectivity index (χ2v) is 4.53. The highest BCUT2D eigenvalue weighted by Gasteiger charge is 2.33. The Hall–Kier alpha value is -2.84. The van der Waals surface area contributed by atoms with Gasteiger partial charge in [-0.25, -0.2) is 9.78 Å². The Kier molecular flexibility index (Phi) is 4.39. The monoisotopic (exact) mass is 328 g/mol. The van der Waals surface area contributed by atoms with E-state index in [1.807, 2.05) is 0 Å². The van der Waals surface area contributed by atoms with Crippen molar-refractivity contribution < 1.29 is 27.8 Å². The molecule has 2 aromatic rings. The fraction of sp³-hybridized carbons (Fsp3) is 0.214. The first-order chi connectivity index (χ1) is 10.7. The molecule has 0 saturated carbocycles. The fourth-order valence-electron chi connectivity index (χ4n) is 1.97. The first-order valence-electron chi connectivity index (χ1n) is 6.29. The van der Waals surface area contributed by atoms with Gasteiger partial charge in [-0.15, -0.1) is 0 Å². The number of hydrogen-bond acceptors (Lipinski definition) is 5. The lowest BCUT2D eigenvalue weighted by molar-refractivity contribution is -0.138. The number of methoxy groups -OCH3 is 1. The van der Waals surface area contributed by atoms with Gasteiger partial charge in [0.2, 0.25) is 5.75 Å². The fourth-order valence-corrected chi connectivity index (χ4v) is 1.97. The first-order valence-corrected chi connectivity index (χ1v) is 6.29. The van der Waals surface area contributed by atoms with Crippen LogP contribution in [-0.4, -0.2) is 28.2 Å². The Bertz CT molecular complexity index is 799. The number of ether oxygens (including phenoxy) is 1. The first kappa shape index (κ1) is 16.5. The molecule has 1 aromatic heterocycles. The number of aromatic amines is 1. The maximum absolute atomic E-state index is 13.0. The quantitative estimate of drug-likeness (QED) is 0.839. The van der Waals surface area contributed by atoms with Gasteiger partial charge in [0, 0.05) is 6.42 Å². The summed E-state index contributed by atoms with van der Waals surface area (Å²) in [7, 11) is 1.02. The minimum atomic E-state index is -4.57. The molecule has 9 heteroatoms. The third-order valence-electron chi connectivity index (χ3n) is 3.00. The number of carbonyl (C=O) groups is 1. The highest BCUT2D eigenvalue weighted by molar-refractivity contribution is 5.89. The van der Waals surface area contributed by atoms with E-state index in [9.17, 15) is 27.9 Å². The Morgan fingerprint density at radius 1 is 1.35 bits per heavy atom. The van der Waals surface area contributed by atoms with Crippen molar-refractivity contribution in [2.45, 2.75) is 12.6 Å². The summed E-state index contributed by atoms with van der Waals surface area (Å²) in [5, 5.41) is 9.49. The van der Waals surface area contributed by atoms with Crippen molar-refractivity contribution in [2.75, 3.05) is 7.11 Å². The van der Waals surface area contributed by atoms with E-state index >= 15 is 0 Å². The molecule has 2 N–H and O–H groups in total. The topological polar surface area (TPSA) is 92.3 Å². The number of aromatic nitrogens is 2. The van der Waals surface area contributed by atoms with Gasteiger partial charge in [-0.2, -0.15) is 13.2 Å². The minimum absolute atomic E-state index is 0.135. The average Bonchev–Trinajstić information content (AvgIpc) is 2.49. The lowest BCUT2D eigenvalue weighted by Crippen LogP contribution is -2.19. The number of hydrogen-bond donors (Lipinski definition) is 2. The maximum Gasteiger partial charge on any atom is 0.416 e. The summed E-state index contributed by atoms with van der Waals surface area (Å²) in [5.74, 6) is -2.23. The van der Waals surface area contributed by atoms with Crippen LogP contribution in [0.3, 0.4) is 0 Å². The summed E-state index contributed by atoms with van der Waals surface area (Å²) < 4.78 is 43.2. The maximum atomic E-state index is 13.0. The molecule has 2 rings (SSSR count). The van der Waals surface area contributed by atoms with Crippen LogP contribution in [0.1, 0.15) is 27.4 Å². The third-order valence-corrected chi connectivity index (χ3v) is 3.00. The van der Waals surface area contributed by atoms with Gasteiger partial charge in [0.25, 0.3) is 5.56 Å². The number of benzene rings is 1. The summed E-state index contributed by atoms with van der Waals surface area (Å²) >= 11 is 0.